The van der Waals surface area contributed by atoms with Gasteiger partial charge < -0.3 is 67.5 Å². The van der Waals surface area contributed by atoms with Crippen molar-refractivity contribution in [3.63, 3.8) is 0 Å². The molecule has 672 valence electrons. The van der Waals surface area contributed by atoms with Gasteiger partial charge >= 0.3 is 12.4 Å². The summed E-state index contributed by atoms with van der Waals surface area (Å²) in [6.45, 7) is 17.4. The summed E-state index contributed by atoms with van der Waals surface area (Å²) in [5.74, 6) is 3.07. The number of ether oxygens (including phenoxy) is 1. The fourth-order valence-corrected chi connectivity index (χ4v) is 16.9. The molecule has 6 aliphatic rings. The Morgan fingerprint density at radius 1 is 0.454 bits per heavy atom. The molecule has 0 saturated carbocycles. The Morgan fingerprint density at radius 3 is 1.25 bits per heavy atom. The normalized spacial score (nSPS) is 14.7. The zero-order chi connectivity index (χ0) is 91.7. The number of halogens is 8. The summed E-state index contributed by atoms with van der Waals surface area (Å²) < 4.78 is 85.2. The molecule has 0 radical (unpaired) electrons. The molecule has 25 nitrogen and oxygen atoms in total. The molecule has 8 aromatic heterocycles. The molecule has 37 heteroatoms. The number of nitrogens with one attached hydrogen (secondary N) is 9. The molecule has 2 fully saturated rings. The third-order valence-corrected chi connectivity index (χ3v) is 23.7. The van der Waals surface area contributed by atoms with Gasteiger partial charge in [0.05, 0.1) is 99.4 Å². The number of alkyl halides is 6. The maximum absolute atomic E-state index is 13.2. The molecule has 10 N–H and O–H groups in total. The van der Waals surface area contributed by atoms with E-state index in [0.717, 1.165) is 181 Å². The van der Waals surface area contributed by atoms with E-state index in [1.165, 1.54) is 50.0 Å². The van der Waals surface area contributed by atoms with E-state index in [0.29, 0.717) is 116 Å². The van der Waals surface area contributed by atoms with Crippen molar-refractivity contribution in [3.05, 3.63) is 224 Å². The Bertz CT molecular complexity index is 6280. The molecule has 0 bridgehead atoms. The highest BCUT2D eigenvalue weighted by molar-refractivity contribution is 7.81. The number of likely N-dealkylation sites (tertiary alicyclic amines) is 2. The van der Waals surface area contributed by atoms with Crippen LogP contribution in [-0.4, -0.2) is 153 Å². The van der Waals surface area contributed by atoms with Gasteiger partial charge in [0.2, 0.25) is 29.7 Å². The molecule has 0 atom stereocenters. The first-order valence-electron chi connectivity index (χ1n) is 42.4. The molecule has 0 amide bonds. The summed E-state index contributed by atoms with van der Waals surface area (Å²) in [6.07, 6.45) is 12.1. The fourth-order valence-electron chi connectivity index (χ4n) is 15.5. The van der Waals surface area contributed by atoms with Gasteiger partial charge in [-0.25, -0.2) is 49.8 Å². The van der Waals surface area contributed by atoms with Crippen LogP contribution in [0.4, 0.5) is 101 Å². The van der Waals surface area contributed by atoms with Gasteiger partial charge in [-0.05, 0) is 209 Å². The van der Waals surface area contributed by atoms with Gasteiger partial charge in [-0.1, -0.05) is 90.6 Å². The zero-order valence-electron chi connectivity index (χ0n) is 72.0. The average molecular weight is 1880 g/mol. The number of pyridine rings is 4. The first-order valence-corrected chi connectivity index (χ1v) is 44.8. The van der Waals surface area contributed by atoms with E-state index < -0.39 is 23.5 Å². The lowest BCUT2D eigenvalue weighted by Gasteiger charge is -2.29. The van der Waals surface area contributed by atoms with Crippen molar-refractivity contribution in [2.24, 2.45) is 0 Å². The number of fused-ring (bicyclic) bond motifs is 12. The fraction of sp³-hybridized carbons (Fsp3) is 0.312. The summed E-state index contributed by atoms with van der Waals surface area (Å²) >= 11 is 34.0. The molecule has 130 heavy (non-hydrogen) atoms. The topological polar surface area (TPSA) is 299 Å². The number of piperidine rings is 2. The van der Waals surface area contributed by atoms with Crippen LogP contribution in [0.1, 0.15) is 120 Å². The largest absolute Gasteiger partial charge is 0.474 e. The Kier molecular flexibility index (Phi) is 29.4. The molecule has 0 aliphatic carbocycles. The van der Waals surface area contributed by atoms with Crippen molar-refractivity contribution >= 4 is 167 Å². The minimum Gasteiger partial charge on any atom is -0.474 e. The van der Waals surface area contributed by atoms with E-state index in [4.69, 9.17) is 91.9 Å². The van der Waals surface area contributed by atoms with Gasteiger partial charge in [0.1, 0.15) is 11.9 Å². The summed E-state index contributed by atoms with van der Waals surface area (Å²) in [6, 6.07) is 30.3. The molecule has 0 unspecified atom stereocenters. The molecule has 14 heterocycles. The SMILES string of the molecule is Cc1nc(NC(C)C)ccc1Nc1ncc2c(n1)-c1ccc(C(F)(F)F)cc1NC(=S)C2.Cc1nc(OC2CCN(C)CC2)ccc1Nc1ncc2c(n1)-c1ccc(Cl)cc1NC(=S)C2.Cc1ncc(CCCO)cc1Nc1ncc2c(n1)-c1ccc(C(F)(F)F)cc1NC(=S)C2.Cc1ncc(CCN2CCCCC2)cc1Nc1ncc2c(n1)-c1ccc(Cl)cc1NC(=S)C2. The standard InChI is InChI=1S/C25H27ClN6S.C24H25ClN6OS.C22H21F3N6S.C22H20F3N5OS/c1-16-21(11-17(14-27-16)7-10-32-8-3-2-4-9-32)30-25-28-15-18-12-23(33)29-22-13-19(26)5-6-20(22)24(18)31-25;1-14-19(5-6-21(27-14)32-17-7-9-31(2)10-8-17)29-24-26-13-15-11-22(33)28-20-12-16(25)3-4-18(20)23(15)30-24;1-11(2)27-18-7-6-16(12(3)28-18)30-21-26-10-13-8-19(32)29-17-9-14(22(23,24)25)4-5-15(17)20(13)31-21;1-12-17(7-13(10-26-12)3-2-6-31)29-21-27-11-14-8-19(32)28-18-9-15(22(23,24)25)4-5-16(18)20(14)30-21/h5-6,11,13-15H,2-4,7-10,12H2,1H3,(H,29,33)(H,28,30,31);3-6,12-13,17H,7-11H2,1-2H3,(H,28,33)(H,26,29,30);4-7,9-11H,8H2,1-3H3,(H,27,28)(H,29,32)(H,26,30,31);4-5,7,9-11,31H,2-3,6,8H2,1H3,(H,28,32)(H,27,29,30). The van der Waals surface area contributed by atoms with Gasteiger partial charge in [-0.3, -0.25) is 9.97 Å². The molecular weight excluding hydrogens is 1780 g/mol. The van der Waals surface area contributed by atoms with Crippen LogP contribution in [-0.2, 0) is 50.9 Å². The number of thiocarbonyl (C=S) groups is 4. The van der Waals surface area contributed by atoms with Crippen molar-refractivity contribution in [2.45, 2.75) is 143 Å². The van der Waals surface area contributed by atoms with Crippen molar-refractivity contribution in [1.29, 1.82) is 0 Å². The highest BCUT2D eigenvalue weighted by Crippen LogP contribution is 2.43. The van der Waals surface area contributed by atoms with Crippen LogP contribution in [0.2, 0.25) is 10.0 Å². The number of aryl methyl sites for hydroxylation is 5. The first kappa shape index (κ1) is 92.9. The predicted molar refractivity (Wildman–Crippen MR) is 518 cm³/mol. The van der Waals surface area contributed by atoms with Gasteiger partial charge in [0.15, 0.2) is 0 Å². The van der Waals surface area contributed by atoms with Gasteiger partial charge in [-0.15, -0.1) is 0 Å². The second kappa shape index (κ2) is 41.1. The quantitative estimate of drug-likeness (QED) is 0.0282. The van der Waals surface area contributed by atoms with Crippen LogP contribution in [0.3, 0.4) is 0 Å². The molecule has 0 spiro atoms. The number of hydrogen-bond acceptors (Lipinski definition) is 25. The van der Waals surface area contributed by atoms with Gasteiger partial charge in [-0.2, -0.15) is 26.3 Å². The number of aromatic nitrogens is 12. The monoisotopic (exact) mass is 1880 g/mol. The summed E-state index contributed by atoms with van der Waals surface area (Å²) in [5.41, 5.74) is 18.5. The van der Waals surface area contributed by atoms with Crippen LogP contribution in [0.15, 0.2) is 146 Å². The first-order chi connectivity index (χ1) is 62.3. The third kappa shape index (κ3) is 23.7. The molecule has 2 saturated heterocycles. The highest BCUT2D eigenvalue weighted by atomic mass is 35.5. The molecular formula is C93H93Cl2F6N23O2S4. The predicted octanol–water partition coefficient (Wildman–Crippen LogP) is 21.1. The minimum atomic E-state index is -4.46. The number of nitrogens with zero attached hydrogens (tertiary/aromatic N) is 14. The second-order valence-electron chi connectivity index (χ2n) is 32.5. The van der Waals surface area contributed by atoms with E-state index in [2.05, 4.69) is 121 Å². The number of hydrogen-bond donors (Lipinski definition) is 10. The zero-order valence-corrected chi connectivity index (χ0v) is 76.8. The van der Waals surface area contributed by atoms with E-state index in [9.17, 15) is 26.3 Å². The third-order valence-electron chi connectivity index (χ3n) is 22.2. The molecule has 18 rings (SSSR count). The van der Waals surface area contributed by atoms with Crippen molar-refractivity contribution < 1.29 is 36.2 Å². The molecule has 4 aromatic carbocycles. The Balaban J connectivity index is 0.000000133. The Morgan fingerprint density at radius 2 is 0.846 bits per heavy atom. The maximum atomic E-state index is 13.2. The minimum absolute atomic E-state index is 0.0932. The molecule has 6 aliphatic heterocycles. The lowest BCUT2D eigenvalue weighted by Crippen LogP contribution is -2.35. The summed E-state index contributed by atoms with van der Waals surface area (Å²) in [5, 5.41) is 39.0. The lowest BCUT2D eigenvalue weighted by molar-refractivity contribution is -0.138. The van der Waals surface area contributed by atoms with Crippen molar-refractivity contribution in [1.82, 2.24) is 69.6 Å². The van der Waals surface area contributed by atoms with Crippen LogP contribution >= 0.6 is 72.1 Å². The average Bonchev–Trinajstić information content (AvgIpc) is 1.44. The Labute approximate surface area is 779 Å². The van der Waals surface area contributed by atoms with Crippen LogP contribution in [0.5, 0.6) is 5.88 Å². The second-order valence-corrected chi connectivity index (χ2v) is 35.4. The summed E-state index contributed by atoms with van der Waals surface area (Å²) in [4.78, 5) is 62.0. The number of benzene rings is 4. The van der Waals surface area contributed by atoms with Crippen molar-refractivity contribution in [3.8, 4) is 50.9 Å². The van der Waals surface area contributed by atoms with Gasteiger partial charge in [0, 0.05) is 179 Å². The van der Waals surface area contributed by atoms with E-state index >= 15 is 0 Å². The van der Waals surface area contributed by atoms with E-state index in [1.807, 2.05) is 127 Å². The van der Waals surface area contributed by atoms with Gasteiger partial charge in [0.25, 0.3) is 0 Å². The van der Waals surface area contributed by atoms with Crippen LogP contribution < -0.4 is 52.6 Å². The number of aliphatic hydroxyl groups excluding tert-OH is 1. The lowest BCUT2D eigenvalue weighted by atomic mass is 10.0. The maximum Gasteiger partial charge on any atom is 0.416 e. The Hall–Kier alpha value is -11.8. The van der Waals surface area contributed by atoms with E-state index in [-0.39, 0.29) is 30.1 Å². The van der Waals surface area contributed by atoms with Crippen LogP contribution in [0, 0.1) is 27.7 Å². The van der Waals surface area contributed by atoms with E-state index in [1.54, 1.807) is 18.6 Å². The molecule has 12 aromatic rings. The number of aliphatic hydroxyl groups is 1. The number of anilines is 13. The van der Waals surface area contributed by atoms with Crippen LogP contribution in [0.25, 0.3) is 45.0 Å². The number of rotatable bonds is 18. The highest BCUT2D eigenvalue weighted by Gasteiger charge is 2.35. The summed E-state index contributed by atoms with van der Waals surface area (Å²) in [7, 11) is 2.14. The smallest absolute Gasteiger partial charge is 0.416 e. The van der Waals surface area contributed by atoms with Crippen molar-refractivity contribution in [2.75, 3.05) is 94.2 Å².